The van der Waals surface area contributed by atoms with Gasteiger partial charge in [-0.3, -0.25) is 0 Å². The largest absolute Gasteiger partial charge is 0.310 e. The molecule has 0 saturated heterocycles. The quantitative estimate of drug-likeness (QED) is 0.730. The molecule has 0 aliphatic heterocycles. The van der Waals surface area contributed by atoms with E-state index in [-0.39, 0.29) is 0 Å². The lowest BCUT2D eigenvalue weighted by Crippen LogP contribution is -2.21. The molecule has 0 fully saturated rings. The second-order valence-corrected chi connectivity index (χ2v) is 7.12. The van der Waals surface area contributed by atoms with E-state index in [2.05, 4.69) is 76.6 Å². The molecule has 0 saturated carbocycles. The average Bonchev–Trinajstić information content (AvgIpc) is 2.82. The van der Waals surface area contributed by atoms with Crippen LogP contribution in [0.25, 0.3) is 0 Å². The van der Waals surface area contributed by atoms with Crippen LogP contribution in [-0.2, 0) is 6.42 Å². The van der Waals surface area contributed by atoms with Crippen LogP contribution in [0.3, 0.4) is 0 Å². The molecule has 2 rings (SSSR count). The lowest BCUT2D eigenvalue weighted by Gasteiger charge is -2.16. The highest BCUT2D eigenvalue weighted by Gasteiger charge is 2.11. The van der Waals surface area contributed by atoms with Crippen molar-refractivity contribution in [2.75, 3.05) is 6.54 Å². The van der Waals surface area contributed by atoms with Crippen LogP contribution >= 0.6 is 33.9 Å². The molecule has 18 heavy (non-hydrogen) atoms. The molecule has 3 heteroatoms. The molecule has 1 nitrogen and oxygen atoms in total. The summed E-state index contributed by atoms with van der Waals surface area (Å²) in [6.07, 6.45) is 2.29. The van der Waals surface area contributed by atoms with E-state index in [1.165, 1.54) is 14.0 Å². The molecule has 0 amide bonds. The fraction of sp³-hybridized carbons (Fsp3) is 0.333. The minimum Gasteiger partial charge on any atom is -0.310 e. The maximum atomic E-state index is 3.59. The summed E-state index contributed by atoms with van der Waals surface area (Å²) in [6.45, 7) is 3.19. The predicted molar refractivity (Wildman–Crippen MR) is 88.2 cm³/mol. The standard InChI is InChI=1S/C15H18INS/c1-2-17-14(13-10-15(16)18-11-13)9-8-12-6-4-3-5-7-12/h3-7,10-11,14,17H,2,8-9H2,1H3. The van der Waals surface area contributed by atoms with E-state index in [0.717, 1.165) is 19.4 Å². The number of hydrogen-bond donors (Lipinski definition) is 1. The van der Waals surface area contributed by atoms with Gasteiger partial charge in [0.2, 0.25) is 0 Å². The van der Waals surface area contributed by atoms with Crippen LogP contribution in [0.15, 0.2) is 41.8 Å². The Kier molecular flexibility index (Phi) is 5.66. The van der Waals surface area contributed by atoms with Gasteiger partial charge in [0.05, 0.1) is 2.88 Å². The normalized spacial score (nSPS) is 12.6. The Hall–Kier alpha value is -0.390. The molecule has 1 aromatic heterocycles. The first kappa shape index (κ1) is 14.0. The van der Waals surface area contributed by atoms with Crippen molar-refractivity contribution >= 4 is 33.9 Å². The van der Waals surface area contributed by atoms with Gasteiger partial charge < -0.3 is 5.32 Å². The fourth-order valence-corrected chi connectivity index (χ4v) is 3.52. The van der Waals surface area contributed by atoms with Gasteiger partial charge in [-0.05, 0) is 64.6 Å². The minimum atomic E-state index is 0.481. The Morgan fingerprint density at radius 1 is 1.28 bits per heavy atom. The number of benzene rings is 1. The van der Waals surface area contributed by atoms with E-state index in [1.54, 1.807) is 0 Å². The lowest BCUT2D eigenvalue weighted by molar-refractivity contribution is 0.516. The number of aryl methyl sites for hydroxylation is 1. The Morgan fingerprint density at radius 2 is 2.06 bits per heavy atom. The summed E-state index contributed by atoms with van der Waals surface area (Å²) in [5, 5.41) is 5.86. The van der Waals surface area contributed by atoms with Gasteiger partial charge in [0.15, 0.2) is 0 Å². The minimum absolute atomic E-state index is 0.481. The first-order valence-electron chi connectivity index (χ1n) is 6.31. The van der Waals surface area contributed by atoms with Crippen molar-refractivity contribution < 1.29 is 0 Å². The highest BCUT2D eigenvalue weighted by molar-refractivity contribution is 14.1. The Balaban J connectivity index is 1.98. The Bertz CT molecular complexity index is 466. The summed E-state index contributed by atoms with van der Waals surface area (Å²) in [6, 6.07) is 13.5. The van der Waals surface area contributed by atoms with E-state index in [4.69, 9.17) is 0 Å². The van der Waals surface area contributed by atoms with Crippen molar-refractivity contribution in [1.29, 1.82) is 0 Å². The average molecular weight is 371 g/mol. The molecule has 1 atom stereocenters. The molecular weight excluding hydrogens is 353 g/mol. The molecule has 0 aliphatic carbocycles. The van der Waals surface area contributed by atoms with E-state index >= 15 is 0 Å². The molecule has 0 aliphatic rings. The van der Waals surface area contributed by atoms with Crippen molar-refractivity contribution in [3.05, 3.63) is 55.8 Å². The summed E-state index contributed by atoms with van der Waals surface area (Å²) >= 11 is 4.22. The summed E-state index contributed by atoms with van der Waals surface area (Å²) in [4.78, 5) is 0. The second kappa shape index (κ2) is 7.26. The number of rotatable bonds is 6. The number of hydrogen-bond acceptors (Lipinski definition) is 2. The molecule has 1 unspecified atom stereocenters. The zero-order chi connectivity index (χ0) is 12.8. The topological polar surface area (TPSA) is 12.0 Å². The van der Waals surface area contributed by atoms with Crippen LogP contribution in [0.4, 0.5) is 0 Å². The zero-order valence-electron chi connectivity index (χ0n) is 10.5. The maximum Gasteiger partial charge on any atom is 0.0656 e. The molecule has 1 heterocycles. The monoisotopic (exact) mass is 371 g/mol. The van der Waals surface area contributed by atoms with Crippen molar-refractivity contribution in [3.8, 4) is 0 Å². The summed E-state index contributed by atoms with van der Waals surface area (Å²) in [5.41, 5.74) is 2.85. The van der Waals surface area contributed by atoms with E-state index < -0.39 is 0 Å². The molecule has 96 valence electrons. The summed E-state index contributed by atoms with van der Waals surface area (Å²) < 4.78 is 1.37. The van der Waals surface area contributed by atoms with E-state index in [9.17, 15) is 0 Å². The predicted octanol–water partition coefficient (Wildman–Crippen LogP) is 4.64. The van der Waals surface area contributed by atoms with E-state index in [1.807, 2.05) is 11.3 Å². The molecule has 0 bridgehead atoms. The van der Waals surface area contributed by atoms with Crippen LogP contribution in [-0.4, -0.2) is 6.54 Å². The summed E-state index contributed by atoms with van der Waals surface area (Å²) in [7, 11) is 0. The van der Waals surface area contributed by atoms with Crippen LogP contribution in [0.1, 0.15) is 30.5 Å². The van der Waals surface area contributed by atoms with Gasteiger partial charge in [-0.1, -0.05) is 37.3 Å². The van der Waals surface area contributed by atoms with Crippen molar-refractivity contribution in [2.45, 2.75) is 25.8 Å². The Labute approximate surface area is 127 Å². The van der Waals surface area contributed by atoms with Crippen molar-refractivity contribution in [1.82, 2.24) is 5.32 Å². The molecule has 2 aromatic rings. The number of halogens is 1. The second-order valence-electron chi connectivity index (χ2n) is 4.32. The van der Waals surface area contributed by atoms with Crippen molar-refractivity contribution in [2.24, 2.45) is 0 Å². The molecule has 0 spiro atoms. The third-order valence-corrected chi connectivity index (χ3v) is 4.81. The third-order valence-electron chi connectivity index (χ3n) is 3.01. The van der Waals surface area contributed by atoms with Crippen LogP contribution in [0.2, 0.25) is 0 Å². The van der Waals surface area contributed by atoms with Crippen LogP contribution < -0.4 is 5.32 Å². The molecular formula is C15H18INS. The van der Waals surface area contributed by atoms with Gasteiger partial charge in [-0.2, -0.15) is 0 Å². The smallest absolute Gasteiger partial charge is 0.0656 e. The maximum absolute atomic E-state index is 3.59. The molecule has 0 radical (unpaired) electrons. The van der Waals surface area contributed by atoms with Gasteiger partial charge in [0.25, 0.3) is 0 Å². The van der Waals surface area contributed by atoms with Crippen molar-refractivity contribution in [3.63, 3.8) is 0 Å². The zero-order valence-corrected chi connectivity index (χ0v) is 13.5. The SMILES string of the molecule is CCNC(CCc1ccccc1)c1csc(I)c1. The van der Waals surface area contributed by atoms with Gasteiger partial charge in [0.1, 0.15) is 0 Å². The lowest BCUT2D eigenvalue weighted by atomic mass is 10.0. The number of nitrogens with one attached hydrogen (secondary N) is 1. The first-order chi connectivity index (χ1) is 8.79. The Morgan fingerprint density at radius 3 is 2.67 bits per heavy atom. The fourth-order valence-electron chi connectivity index (χ4n) is 2.09. The number of thiophene rings is 1. The van der Waals surface area contributed by atoms with E-state index in [0.29, 0.717) is 6.04 Å². The highest BCUT2D eigenvalue weighted by atomic mass is 127. The highest BCUT2D eigenvalue weighted by Crippen LogP contribution is 2.25. The first-order valence-corrected chi connectivity index (χ1v) is 8.26. The van der Waals surface area contributed by atoms with Crippen LogP contribution in [0, 0.1) is 2.88 Å². The molecule has 1 aromatic carbocycles. The van der Waals surface area contributed by atoms with Gasteiger partial charge in [-0.25, -0.2) is 0 Å². The third kappa shape index (κ3) is 4.07. The van der Waals surface area contributed by atoms with Gasteiger partial charge in [0, 0.05) is 6.04 Å². The van der Waals surface area contributed by atoms with Gasteiger partial charge >= 0.3 is 0 Å². The van der Waals surface area contributed by atoms with Gasteiger partial charge in [-0.15, -0.1) is 11.3 Å². The molecule has 1 N–H and O–H groups in total. The summed E-state index contributed by atoms with van der Waals surface area (Å²) in [5.74, 6) is 0. The van der Waals surface area contributed by atoms with Crippen LogP contribution in [0.5, 0.6) is 0 Å².